The standard InChI is InChI=1S/C56H43N5/c1-55(2,3)35-28-41-40-25-32-17-13-14-18-33(32)27-45(40)60-50(41)44(30-35)49-53(60)57-48-43-26-34-19-15-16-24-39(34)47-42-29-36(56(4,5)6)31-46(51(42)61(52(43)47)54(48)58-49)59(37-20-9-7-10-21-37)38-22-11-8-12-23-38/h7-31H,1-6H3. The van der Waals surface area contributed by atoms with Crippen LogP contribution >= 0.6 is 0 Å². The van der Waals surface area contributed by atoms with Crippen LogP contribution in [0.25, 0.3) is 98.3 Å². The molecule has 13 aromatic rings. The Hall–Kier alpha value is -7.24. The van der Waals surface area contributed by atoms with Gasteiger partial charge in [0.25, 0.3) is 0 Å². The highest BCUT2D eigenvalue weighted by Crippen LogP contribution is 2.50. The van der Waals surface area contributed by atoms with Gasteiger partial charge in [-0.1, -0.05) is 126 Å². The van der Waals surface area contributed by atoms with Gasteiger partial charge in [0.2, 0.25) is 0 Å². The number of para-hydroxylation sites is 2. The highest BCUT2D eigenvalue weighted by molar-refractivity contribution is 6.33. The molecule has 0 N–H and O–H groups in total. The lowest BCUT2D eigenvalue weighted by atomic mass is 9.85. The first-order valence-electron chi connectivity index (χ1n) is 21.4. The van der Waals surface area contributed by atoms with Crippen LogP contribution in [0, 0.1) is 0 Å². The van der Waals surface area contributed by atoms with Gasteiger partial charge in [0, 0.05) is 43.7 Å². The van der Waals surface area contributed by atoms with Gasteiger partial charge in [0.15, 0.2) is 11.3 Å². The van der Waals surface area contributed by atoms with Crippen molar-refractivity contribution in [2.24, 2.45) is 0 Å². The molecule has 0 fully saturated rings. The van der Waals surface area contributed by atoms with E-state index < -0.39 is 0 Å². The van der Waals surface area contributed by atoms with Gasteiger partial charge in [-0.15, -0.1) is 0 Å². The maximum Gasteiger partial charge on any atom is 0.165 e. The zero-order chi connectivity index (χ0) is 41.1. The molecule has 0 bridgehead atoms. The Morgan fingerprint density at radius 2 is 0.918 bits per heavy atom. The predicted octanol–water partition coefficient (Wildman–Crippen LogP) is 15.1. The van der Waals surface area contributed by atoms with E-state index in [9.17, 15) is 0 Å². The molecule has 0 saturated carbocycles. The van der Waals surface area contributed by atoms with Crippen LogP contribution < -0.4 is 4.90 Å². The van der Waals surface area contributed by atoms with E-state index in [-0.39, 0.29) is 10.8 Å². The average molecular weight is 786 g/mol. The highest BCUT2D eigenvalue weighted by atomic mass is 15.2. The molecule has 5 heterocycles. The van der Waals surface area contributed by atoms with Gasteiger partial charge < -0.3 is 4.90 Å². The highest BCUT2D eigenvalue weighted by Gasteiger charge is 2.31. The molecule has 5 heteroatoms. The molecule has 0 atom stereocenters. The molecular formula is C56H43N5. The van der Waals surface area contributed by atoms with Crippen molar-refractivity contribution in [3.05, 3.63) is 163 Å². The summed E-state index contributed by atoms with van der Waals surface area (Å²) in [7, 11) is 0. The Labute approximate surface area is 352 Å². The van der Waals surface area contributed by atoms with E-state index in [1.54, 1.807) is 0 Å². The zero-order valence-corrected chi connectivity index (χ0v) is 35.2. The SMILES string of the molecule is CC(C)(C)c1cc(N(c2ccccc2)c2ccccc2)c2c(c1)c1c3ccccc3cc3c4nc5c(nc4n2c31)c1cc(C(C)(C)C)cc2c3cc4ccccc4cc3n5c21. The van der Waals surface area contributed by atoms with Gasteiger partial charge in [-0.3, -0.25) is 8.80 Å². The number of fused-ring (bicyclic) bond motifs is 15. The van der Waals surface area contributed by atoms with Gasteiger partial charge in [-0.25, -0.2) is 9.97 Å². The van der Waals surface area contributed by atoms with E-state index >= 15 is 0 Å². The van der Waals surface area contributed by atoms with E-state index in [2.05, 4.69) is 207 Å². The summed E-state index contributed by atoms with van der Waals surface area (Å²) in [5, 5.41) is 12.1. The first-order chi connectivity index (χ1) is 29.5. The summed E-state index contributed by atoms with van der Waals surface area (Å²) >= 11 is 0. The molecule has 5 aromatic heterocycles. The summed E-state index contributed by atoms with van der Waals surface area (Å²) in [6.07, 6.45) is 0. The van der Waals surface area contributed by atoms with E-state index in [1.807, 2.05) is 0 Å². The quantitative estimate of drug-likeness (QED) is 0.179. The van der Waals surface area contributed by atoms with Crippen LogP contribution in [0.1, 0.15) is 52.7 Å². The lowest BCUT2D eigenvalue weighted by molar-refractivity contribution is 0.591. The van der Waals surface area contributed by atoms with Crippen molar-refractivity contribution in [2.45, 2.75) is 52.4 Å². The minimum Gasteiger partial charge on any atom is -0.308 e. The molecule has 0 aliphatic heterocycles. The summed E-state index contributed by atoms with van der Waals surface area (Å²) in [5.74, 6) is 0. The molecule has 0 saturated heterocycles. The topological polar surface area (TPSA) is 37.8 Å². The van der Waals surface area contributed by atoms with Crippen LogP contribution in [0.4, 0.5) is 17.1 Å². The number of aromatic nitrogens is 4. The largest absolute Gasteiger partial charge is 0.308 e. The first kappa shape index (κ1) is 34.6. The summed E-state index contributed by atoms with van der Waals surface area (Å²) in [5.41, 5.74) is 14.0. The molecule has 292 valence electrons. The maximum atomic E-state index is 5.87. The van der Waals surface area contributed by atoms with Gasteiger partial charge in [0.1, 0.15) is 11.0 Å². The molecule has 0 spiro atoms. The van der Waals surface area contributed by atoms with Crippen molar-refractivity contribution < 1.29 is 0 Å². The average Bonchev–Trinajstić information content (AvgIpc) is 3.97. The van der Waals surface area contributed by atoms with E-state index in [4.69, 9.17) is 9.97 Å². The Balaban J connectivity index is 1.27. The smallest absolute Gasteiger partial charge is 0.165 e. The Morgan fingerprint density at radius 1 is 0.410 bits per heavy atom. The van der Waals surface area contributed by atoms with Crippen LogP contribution in [-0.4, -0.2) is 18.8 Å². The predicted molar refractivity (Wildman–Crippen MR) is 258 cm³/mol. The van der Waals surface area contributed by atoms with Crippen molar-refractivity contribution in [3.8, 4) is 0 Å². The number of benzene rings is 8. The number of nitrogens with zero attached hydrogens (tertiary/aromatic N) is 5. The maximum absolute atomic E-state index is 5.87. The van der Waals surface area contributed by atoms with Crippen molar-refractivity contribution in [2.75, 3.05) is 4.90 Å². The normalized spacial score (nSPS) is 13.1. The van der Waals surface area contributed by atoms with E-state index in [0.29, 0.717) is 0 Å². The van der Waals surface area contributed by atoms with Crippen LogP contribution in [0.5, 0.6) is 0 Å². The second-order valence-corrected chi connectivity index (χ2v) is 19.1. The van der Waals surface area contributed by atoms with Gasteiger partial charge in [-0.05, 0) is 110 Å². The van der Waals surface area contributed by atoms with Crippen LogP contribution in [0.2, 0.25) is 0 Å². The monoisotopic (exact) mass is 785 g/mol. The second kappa shape index (κ2) is 11.7. The molecule has 0 amide bonds. The molecule has 0 aliphatic carbocycles. The molecule has 8 aromatic carbocycles. The van der Waals surface area contributed by atoms with Crippen LogP contribution in [0.15, 0.2) is 152 Å². The lowest BCUT2D eigenvalue weighted by Gasteiger charge is -2.29. The molecule has 0 aliphatic rings. The molecular weight excluding hydrogens is 743 g/mol. The molecule has 0 unspecified atom stereocenters. The summed E-state index contributed by atoms with van der Waals surface area (Å²) in [6, 6.07) is 55.9. The fourth-order valence-electron chi connectivity index (χ4n) is 10.3. The first-order valence-corrected chi connectivity index (χ1v) is 21.4. The summed E-state index contributed by atoms with van der Waals surface area (Å²) in [6.45, 7) is 13.9. The number of hydrogen-bond acceptors (Lipinski definition) is 3. The fraction of sp³-hybridized carbons (Fsp3) is 0.143. The Kier molecular flexibility index (Phi) is 6.66. The van der Waals surface area contributed by atoms with Crippen LogP contribution in [-0.2, 0) is 10.8 Å². The van der Waals surface area contributed by atoms with Crippen LogP contribution in [0.3, 0.4) is 0 Å². The van der Waals surface area contributed by atoms with Crippen molar-refractivity contribution >= 4 is 115 Å². The number of rotatable bonds is 3. The van der Waals surface area contributed by atoms with Gasteiger partial charge in [0.05, 0.1) is 27.8 Å². The molecule has 0 radical (unpaired) electrons. The molecule has 61 heavy (non-hydrogen) atoms. The minimum absolute atomic E-state index is 0.0694. The Morgan fingerprint density at radius 3 is 1.57 bits per heavy atom. The van der Waals surface area contributed by atoms with Gasteiger partial charge >= 0.3 is 0 Å². The van der Waals surface area contributed by atoms with Crippen molar-refractivity contribution in [1.29, 1.82) is 0 Å². The second-order valence-electron chi connectivity index (χ2n) is 19.1. The molecule has 13 rings (SSSR count). The Bertz CT molecular complexity index is 3900. The third-order valence-electron chi connectivity index (χ3n) is 13.4. The van der Waals surface area contributed by atoms with E-state index in [1.165, 1.54) is 65.3 Å². The minimum atomic E-state index is -0.114. The third-order valence-corrected chi connectivity index (χ3v) is 13.4. The summed E-state index contributed by atoms with van der Waals surface area (Å²) < 4.78 is 4.86. The molecule has 5 nitrogen and oxygen atoms in total. The lowest BCUT2D eigenvalue weighted by Crippen LogP contribution is -2.15. The van der Waals surface area contributed by atoms with Gasteiger partial charge in [-0.2, -0.15) is 0 Å². The van der Waals surface area contributed by atoms with Crippen molar-refractivity contribution in [1.82, 2.24) is 18.8 Å². The fourth-order valence-corrected chi connectivity index (χ4v) is 10.3. The van der Waals surface area contributed by atoms with Crippen molar-refractivity contribution in [3.63, 3.8) is 0 Å². The number of anilines is 3. The summed E-state index contributed by atoms with van der Waals surface area (Å²) in [4.78, 5) is 14.1. The van der Waals surface area contributed by atoms with E-state index in [0.717, 1.165) is 61.2 Å². The number of hydrogen-bond donors (Lipinski definition) is 0. The zero-order valence-electron chi connectivity index (χ0n) is 35.2. The third kappa shape index (κ3) is 4.66.